The molecule has 0 saturated heterocycles. The fourth-order valence-electron chi connectivity index (χ4n) is 2.90. The number of nitrogens with one attached hydrogen (secondary N) is 1. The normalized spacial score (nSPS) is 13.3. The Morgan fingerprint density at radius 2 is 1.61 bits per heavy atom. The fraction of sp³-hybridized carbons (Fsp3) is 0.208. The van der Waals surface area contributed by atoms with E-state index in [1.165, 1.54) is 0 Å². The number of anilines is 1. The third-order valence-corrected chi connectivity index (χ3v) is 6.10. The van der Waals surface area contributed by atoms with Gasteiger partial charge in [-0.1, -0.05) is 75.4 Å². The molecule has 0 spiro atoms. The first-order chi connectivity index (χ1) is 14.7. The van der Waals surface area contributed by atoms with Crippen LogP contribution in [0.1, 0.15) is 26.3 Å². The summed E-state index contributed by atoms with van der Waals surface area (Å²) in [7, 11) is -3.76. The van der Waals surface area contributed by atoms with Gasteiger partial charge in [0.1, 0.15) is 11.9 Å². The van der Waals surface area contributed by atoms with Gasteiger partial charge in [0.05, 0.1) is 4.90 Å². The van der Waals surface area contributed by atoms with Crippen molar-refractivity contribution >= 4 is 21.9 Å². The van der Waals surface area contributed by atoms with E-state index in [4.69, 9.17) is 5.26 Å². The summed E-state index contributed by atoms with van der Waals surface area (Å²) < 4.78 is 27.9. The van der Waals surface area contributed by atoms with E-state index in [1.807, 2.05) is 51.1 Å². The molecule has 0 aliphatic rings. The third kappa shape index (κ3) is 6.01. The zero-order valence-electron chi connectivity index (χ0n) is 17.7. The first kappa shape index (κ1) is 22.7. The van der Waals surface area contributed by atoms with Gasteiger partial charge in [0.2, 0.25) is 0 Å². The van der Waals surface area contributed by atoms with Gasteiger partial charge in [-0.25, -0.2) is 18.3 Å². The molecule has 0 amide bonds. The molecule has 0 aliphatic carbocycles. The van der Waals surface area contributed by atoms with Crippen LogP contribution in [0.25, 0.3) is 17.2 Å². The Morgan fingerprint density at radius 1 is 0.968 bits per heavy atom. The molecular weight excluding hydrogens is 412 g/mol. The van der Waals surface area contributed by atoms with Gasteiger partial charge in [0, 0.05) is 6.20 Å². The molecule has 1 atom stereocenters. The van der Waals surface area contributed by atoms with Gasteiger partial charge >= 0.3 is 0 Å². The van der Waals surface area contributed by atoms with Gasteiger partial charge in [0.15, 0.2) is 0 Å². The predicted octanol–water partition coefficient (Wildman–Crippen LogP) is 5.47. The predicted molar refractivity (Wildman–Crippen MR) is 123 cm³/mol. The molecular formula is C24H26N2O4S. The molecule has 0 aliphatic heterocycles. The molecule has 31 heavy (non-hydrogen) atoms. The van der Waals surface area contributed by atoms with Crippen LogP contribution in [0.3, 0.4) is 0 Å². The van der Waals surface area contributed by atoms with Crippen molar-refractivity contribution in [2.45, 2.75) is 31.8 Å². The van der Waals surface area contributed by atoms with Gasteiger partial charge < -0.3 is 0 Å². The number of nitrogens with zero attached hydrogens (tertiary/aromatic N) is 1. The first-order valence-corrected chi connectivity index (χ1v) is 11.3. The van der Waals surface area contributed by atoms with E-state index in [9.17, 15) is 8.42 Å². The largest absolute Gasteiger partial charge is 0.263 e. The molecule has 0 bridgehead atoms. The van der Waals surface area contributed by atoms with Crippen LogP contribution < -0.4 is 4.72 Å². The Labute approximate surface area is 183 Å². The highest BCUT2D eigenvalue weighted by molar-refractivity contribution is 7.92. The lowest BCUT2D eigenvalue weighted by Crippen LogP contribution is -2.26. The number of benzene rings is 2. The Hall–Kier alpha value is -3.00. The minimum atomic E-state index is -3.76. The van der Waals surface area contributed by atoms with Crippen LogP contribution in [0.15, 0.2) is 83.9 Å². The monoisotopic (exact) mass is 438 g/mol. The molecule has 6 nitrogen and oxygen atoms in total. The number of rotatable bonds is 7. The van der Waals surface area contributed by atoms with Gasteiger partial charge in [-0.3, -0.25) is 9.98 Å². The number of hydrogen-bond donors (Lipinski definition) is 2. The van der Waals surface area contributed by atoms with E-state index in [2.05, 4.69) is 14.6 Å². The second-order valence-corrected chi connectivity index (χ2v) is 9.91. The SMILES string of the molecule is CC(C)(C)C(/C=C/c1ccc(NS(=O)(=O)c2ccc(-c3ccccc3)cc2)nc1)OO. The van der Waals surface area contributed by atoms with Crippen LogP contribution in [-0.4, -0.2) is 24.8 Å². The van der Waals surface area contributed by atoms with Crippen molar-refractivity contribution in [2.24, 2.45) is 5.41 Å². The third-order valence-electron chi connectivity index (χ3n) is 4.73. The Balaban J connectivity index is 1.70. The van der Waals surface area contributed by atoms with E-state index in [0.29, 0.717) is 0 Å². The lowest BCUT2D eigenvalue weighted by atomic mass is 9.89. The van der Waals surface area contributed by atoms with E-state index in [1.54, 1.807) is 54.7 Å². The molecule has 0 fully saturated rings. The standard InChI is InChI=1S/C24H26N2O4S/c1-24(2,3)22(30-27)15-9-18-10-16-23(25-17-18)26-31(28,29)21-13-11-20(12-14-21)19-7-5-4-6-8-19/h4-17,22,27H,1-3H3,(H,25,26)/b15-9+. The summed E-state index contributed by atoms with van der Waals surface area (Å²) in [5.41, 5.74) is 2.44. The van der Waals surface area contributed by atoms with E-state index < -0.39 is 16.1 Å². The summed E-state index contributed by atoms with van der Waals surface area (Å²) in [4.78, 5) is 8.85. The molecule has 162 valence electrons. The van der Waals surface area contributed by atoms with Gasteiger partial charge in [0.25, 0.3) is 10.0 Å². The fourth-order valence-corrected chi connectivity index (χ4v) is 3.91. The molecule has 0 saturated carbocycles. The summed E-state index contributed by atoms with van der Waals surface area (Å²) in [5.74, 6) is 0.218. The molecule has 2 N–H and O–H groups in total. The highest BCUT2D eigenvalue weighted by atomic mass is 32.2. The van der Waals surface area contributed by atoms with Crippen molar-refractivity contribution in [1.82, 2.24) is 4.98 Å². The van der Waals surface area contributed by atoms with Crippen molar-refractivity contribution in [1.29, 1.82) is 0 Å². The molecule has 3 aromatic rings. The summed E-state index contributed by atoms with van der Waals surface area (Å²) in [6, 6.07) is 19.8. The molecule has 0 radical (unpaired) electrons. The highest BCUT2D eigenvalue weighted by Crippen LogP contribution is 2.24. The smallest absolute Gasteiger partial charge is 0.263 e. The van der Waals surface area contributed by atoms with Crippen molar-refractivity contribution < 1.29 is 18.6 Å². The number of pyridine rings is 1. The maximum atomic E-state index is 12.7. The van der Waals surface area contributed by atoms with E-state index in [-0.39, 0.29) is 16.1 Å². The molecule has 7 heteroatoms. The highest BCUT2D eigenvalue weighted by Gasteiger charge is 2.23. The second-order valence-electron chi connectivity index (χ2n) is 8.22. The van der Waals surface area contributed by atoms with Crippen LogP contribution in [0.5, 0.6) is 0 Å². The zero-order valence-corrected chi connectivity index (χ0v) is 18.5. The van der Waals surface area contributed by atoms with Gasteiger partial charge in [-0.05, 0) is 46.4 Å². The average Bonchev–Trinajstić information content (AvgIpc) is 2.75. The van der Waals surface area contributed by atoms with Crippen LogP contribution in [0.2, 0.25) is 0 Å². The topological polar surface area (TPSA) is 88.5 Å². The van der Waals surface area contributed by atoms with Crippen molar-refractivity contribution in [3.8, 4) is 11.1 Å². The van der Waals surface area contributed by atoms with Gasteiger partial charge in [-0.15, -0.1) is 0 Å². The zero-order chi connectivity index (χ0) is 22.5. The Morgan fingerprint density at radius 3 is 2.16 bits per heavy atom. The number of hydrogen-bond acceptors (Lipinski definition) is 5. The molecule has 2 aromatic carbocycles. The quantitative estimate of drug-likeness (QED) is 0.377. The maximum Gasteiger partial charge on any atom is 0.263 e. The Kier molecular flexibility index (Phi) is 6.90. The molecule has 1 unspecified atom stereocenters. The first-order valence-electron chi connectivity index (χ1n) is 9.82. The molecule has 1 aromatic heterocycles. The summed E-state index contributed by atoms with van der Waals surface area (Å²) in [6.07, 6.45) is 4.56. The molecule has 3 rings (SSSR count). The summed E-state index contributed by atoms with van der Waals surface area (Å²) in [5, 5.41) is 9.06. The second kappa shape index (κ2) is 9.43. The Bertz CT molecular complexity index is 1120. The van der Waals surface area contributed by atoms with E-state index in [0.717, 1.165) is 16.7 Å². The summed E-state index contributed by atoms with van der Waals surface area (Å²) in [6.45, 7) is 5.84. The van der Waals surface area contributed by atoms with Crippen LogP contribution in [0, 0.1) is 5.41 Å². The summed E-state index contributed by atoms with van der Waals surface area (Å²) >= 11 is 0. The minimum Gasteiger partial charge on any atom is -0.263 e. The minimum absolute atomic E-state index is 0.158. The number of aromatic nitrogens is 1. The number of sulfonamides is 1. The van der Waals surface area contributed by atoms with Crippen molar-refractivity contribution in [3.05, 3.63) is 84.6 Å². The molecule has 1 heterocycles. The van der Waals surface area contributed by atoms with Crippen molar-refractivity contribution in [3.63, 3.8) is 0 Å². The lowest BCUT2D eigenvalue weighted by Gasteiger charge is -2.24. The lowest BCUT2D eigenvalue weighted by molar-refractivity contribution is -0.285. The maximum absolute atomic E-state index is 12.7. The van der Waals surface area contributed by atoms with Crippen molar-refractivity contribution in [2.75, 3.05) is 4.72 Å². The van der Waals surface area contributed by atoms with Crippen LogP contribution in [0.4, 0.5) is 5.82 Å². The van der Waals surface area contributed by atoms with Gasteiger partial charge in [-0.2, -0.15) is 0 Å². The van der Waals surface area contributed by atoms with Crippen LogP contribution in [-0.2, 0) is 14.9 Å². The average molecular weight is 439 g/mol. The van der Waals surface area contributed by atoms with Crippen LogP contribution >= 0.6 is 0 Å². The van der Waals surface area contributed by atoms with E-state index >= 15 is 0 Å².